The van der Waals surface area contributed by atoms with Crippen LogP contribution in [-0.4, -0.2) is 42.9 Å². The van der Waals surface area contributed by atoms with Crippen LogP contribution in [0.2, 0.25) is 5.02 Å². The first-order valence-corrected chi connectivity index (χ1v) is 12.5. The summed E-state index contributed by atoms with van der Waals surface area (Å²) in [5.41, 5.74) is 2.22. The first kappa shape index (κ1) is 22.7. The van der Waals surface area contributed by atoms with Crippen LogP contribution in [0, 0.1) is 0 Å². The molecule has 2 aliphatic heterocycles. The number of para-hydroxylation sites is 1. The van der Waals surface area contributed by atoms with Crippen LogP contribution in [0.3, 0.4) is 0 Å². The number of anilines is 1. The van der Waals surface area contributed by atoms with Gasteiger partial charge in [0.25, 0.3) is 11.8 Å². The van der Waals surface area contributed by atoms with Crippen LogP contribution in [-0.2, 0) is 16.1 Å². The Labute approximate surface area is 208 Å². The molecule has 2 amide bonds. The van der Waals surface area contributed by atoms with Gasteiger partial charge < -0.3 is 9.80 Å². The Bertz CT molecular complexity index is 1220. The van der Waals surface area contributed by atoms with Gasteiger partial charge in [-0.2, -0.15) is 0 Å². The minimum Gasteiger partial charge on any atom is -0.355 e. The van der Waals surface area contributed by atoms with Crippen molar-refractivity contribution in [1.29, 1.82) is 0 Å². The topological polar surface area (TPSA) is 45.1 Å². The summed E-state index contributed by atoms with van der Waals surface area (Å²) in [4.78, 5) is 33.4. The van der Waals surface area contributed by atoms with E-state index in [1.807, 2.05) is 36.4 Å². The summed E-state index contributed by atoms with van der Waals surface area (Å²) in [5.74, 6) is -0.621. The number of quaternary nitrogens is 1. The molecule has 0 aliphatic carbocycles. The van der Waals surface area contributed by atoms with E-state index in [1.54, 1.807) is 24.3 Å². The van der Waals surface area contributed by atoms with Gasteiger partial charge in [0.05, 0.1) is 36.9 Å². The Hall–Kier alpha value is -3.06. The molecular formula is C27H25ClN3O2S+. The number of carbonyl (C=O) groups excluding carboxylic acids is 2. The average molecular weight is 491 g/mol. The first-order valence-electron chi connectivity index (χ1n) is 11.3. The lowest BCUT2D eigenvalue weighted by Crippen LogP contribution is -3.13. The highest BCUT2D eigenvalue weighted by Crippen LogP contribution is 2.40. The van der Waals surface area contributed by atoms with Gasteiger partial charge in [-0.05, 0) is 24.3 Å². The number of imide groups is 1. The highest BCUT2D eigenvalue weighted by Gasteiger charge is 2.44. The molecule has 0 bridgehead atoms. The molecule has 2 heterocycles. The van der Waals surface area contributed by atoms with Crippen LogP contribution >= 0.6 is 23.4 Å². The number of hydrogen-bond donors (Lipinski definition) is 1. The van der Waals surface area contributed by atoms with E-state index in [-0.39, 0.29) is 11.8 Å². The lowest BCUT2D eigenvalue weighted by Gasteiger charge is -2.34. The molecular weight excluding hydrogens is 466 g/mol. The summed E-state index contributed by atoms with van der Waals surface area (Å²) in [7, 11) is 0. The minimum absolute atomic E-state index is 0.303. The number of halogens is 1. The Balaban J connectivity index is 1.41. The molecule has 2 aliphatic rings. The maximum Gasteiger partial charge on any atom is 0.283 e. The second kappa shape index (κ2) is 10.1. The zero-order chi connectivity index (χ0) is 23.5. The van der Waals surface area contributed by atoms with E-state index >= 15 is 0 Å². The molecule has 7 heteroatoms. The van der Waals surface area contributed by atoms with Gasteiger partial charge in [0, 0.05) is 10.5 Å². The van der Waals surface area contributed by atoms with Gasteiger partial charge in [0.1, 0.15) is 17.1 Å². The number of amides is 2. The number of thioether (sulfide) groups is 1. The van der Waals surface area contributed by atoms with Crippen molar-refractivity contribution < 1.29 is 14.5 Å². The Morgan fingerprint density at radius 2 is 1.41 bits per heavy atom. The van der Waals surface area contributed by atoms with Crippen LogP contribution in [0.15, 0.2) is 100 Å². The molecule has 5 rings (SSSR count). The SMILES string of the molecule is O=C1C(Sc2ccccc2)=C(N2CC[NH+](Cc3ccccc3)CC2)C(=O)N1c1ccccc1Cl. The van der Waals surface area contributed by atoms with Crippen molar-refractivity contribution in [3.8, 4) is 0 Å². The number of rotatable bonds is 6. The van der Waals surface area contributed by atoms with Crippen molar-refractivity contribution in [1.82, 2.24) is 4.90 Å². The van der Waals surface area contributed by atoms with Gasteiger partial charge in [0.2, 0.25) is 0 Å². The van der Waals surface area contributed by atoms with Gasteiger partial charge in [0.15, 0.2) is 0 Å². The second-order valence-corrected chi connectivity index (χ2v) is 9.88. The van der Waals surface area contributed by atoms with Crippen molar-refractivity contribution in [2.45, 2.75) is 11.4 Å². The van der Waals surface area contributed by atoms with E-state index in [0.29, 0.717) is 34.4 Å². The van der Waals surface area contributed by atoms with Gasteiger partial charge in [-0.15, -0.1) is 0 Å². The minimum atomic E-state index is -0.319. The summed E-state index contributed by atoms with van der Waals surface area (Å²) < 4.78 is 0. The molecule has 0 atom stereocenters. The van der Waals surface area contributed by atoms with Gasteiger partial charge in [-0.1, -0.05) is 84.0 Å². The molecule has 1 N–H and O–H groups in total. The largest absolute Gasteiger partial charge is 0.355 e. The van der Waals surface area contributed by atoms with Crippen molar-refractivity contribution in [2.24, 2.45) is 0 Å². The summed E-state index contributed by atoms with van der Waals surface area (Å²) in [5, 5.41) is 0.381. The molecule has 0 saturated carbocycles. The predicted molar refractivity (Wildman–Crippen MR) is 136 cm³/mol. The fourth-order valence-electron chi connectivity index (χ4n) is 4.44. The summed E-state index contributed by atoms with van der Waals surface area (Å²) >= 11 is 7.73. The molecule has 1 saturated heterocycles. The normalized spacial score (nSPS) is 17.1. The monoisotopic (exact) mass is 490 g/mol. The molecule has 3 aromatic rings. The molecule has 172 valence electrons. The van der Waals surface area contributed by atoms with Crippen molar-refractivity contribution in [3.63, 3.8) is 0 Å². The van der Waals surface area contributed by atoms with Crippen LogP contribution in [0.25, 0.3) is 0 Å². The lowest BCUT2D eigenvalue weighted by atomic mass is 10.2. The van der Waals surface area contributed by atoms with E-state index < -0.39 is 0 Å². The zero-order valence-electron chi connectivity index (χ0n) is 18.6. The first-order chi connectivity index (χ1) is 16.6. The number of piperazine rings is 1. The van der Waals surface area contributed by atoms with E-state index in [2.05, 4.69) is 29.2 Å². The van der Waals surface area contributed by atoms with E-state index in [0.717, 1.165) is 24.5 Å². The number of carbonyl (C=O) groups is 2. The lowest BCUT2D eigenvalue weighted by molar-refractivity contribution is -0.917. The average Bonchev–Trinajstić information content (AvgIpc) is 3.10. The fraction of sp³-hybridized carbons (Fsp3) is 0.185. The standard InChI is InChI=1S/C27H24ClN3O2S/c28-22-13-7-8-14-23(22)31-26(32)24(25(27(31)33)34-21-11-5-2-6-12-21)30-17-15-29(16-18-30)19-20-9-3-1-4-10-20/h1-14H,15-19H2/p+1. The number of nitrogens with one attached hydrogen (secondary N) is 1. The number of benzene rings is 3. The highest BCUT2D eigenvalue weighted by atomic mass is 35.5. The highest BCUT2D eigenvalue weighted by molar-refractivity contribution is 8.04. The van der Waals surface area contributed by atoms with Crippen LogP contribution in [0.4, 0.5) is 5.69 Å². The van der Waals surface area contributed by atoms with Crippen LogP contribution < -0.4 is 9.80 Å². The Morgan fingerprint density at radius 1 is 0.794 bits per heavy atom. The molecule has 5 nitrogen and oxygen atoms in total. The molecule has 0 spiro atoms. The number of nitrogens with zero attached hydrogens (tertiary/aromatic N) is 2. The van der Waals surface area contributed by atoms with Gasteiger partial charge in [-0.25, -0.2) is 4.90 Å². The van der Waals surface area contributed by atoms with Gasteiger partial charge in [-0.3, -0.25) is 9.59 Å². The van der Waals surface area contributed by atoms with Crippen molar-refractivity contribution in [2.75, 3.05) is 31.1 Å². The molecule has 1 fully saturated rings. The summed E-state index contributed by atoms with van der Waals surface area (Å²) in [6, 6.07) is 27.2. The third kappa shape index (κ3) is 4.62. The van der Waals surface area contributed by atoms with E-state index in [1.165, 1.54) is 27.1 Å². The third-order valence-electron chi connectivity index (χ3n) is 6.16. The maximum absolute atomic E-state index is 13.7. The zero-order valence-corrected chi connectivity index (χ0v) is 20.2. The van der Waals surface area contributed by atoms with E-state index in [4.69, 9.17) is 11.6 Å². The smallest absolute Gasteiger partial charge is 0.283 e. The van der Waals surface area contributed by atoms with Crippen LogP contribution in [0.1, 0.15) is 5.56 Å². The Morgan fingerprint density at radius 3 is 2.09 bits per heavy atom. The van der Waals surface area contributed by atoms with Gasteiger partial charge >= 0.3 is 0 Å². The van der Waals surface area contributed by atoms with E-state index in [9.17, 15) is 9.59 Å². The molecule has 34 heavy (non-hydrogen) atoms. The van der Waals surface area contributed by atoms with Crippen molar-refractivity contribution >= 4 is 40.9 Å². The molecule has 0 aromatic heterocycles. The maximum atomic E-state index is 13.7. The predicted octanol–water partition coefficient (Wildman–Crippen LogP) is 3.62. The quantitative estimate of drug-likeness (QED) is 0.536. The van der Waals surface area contributed by atoms with Crippen LogP contribution in [0.5, 0.6) is 0 Å². The second-order valence-electron chi connectivity index (χ2n) is 8.39. The summed E-state index contributed by atoms with van der Waals surface area (Å²) in [6.45, 7) is 4.18. The van der Waals surface area contributed by atoms with Crippen molar-refractivity contribution in [3.05, 3.63) is 106 Å². The third-order valence-corrected chi connectivity index (χ3v) is 7.56. The Kier molecular flexibility index (Phi) is 6.72. The fourth-order valence-corrected chi connectivity index (χ4v) is 5.68. The molecule has 0 unspecified atom stereocenters. The molecule has 3 aromatic carbocycles. The molecule has 0 radical (unpaired) electrons. The summed E-state index contributed by atoms with van der Waals surface area (Å²) in [6.07, 6.45) is 0. The number of hydrogen-bond acceptors (Lipinski definition) is 4.